The summed E-state index contributed by atoms with van der Waals surface area (Å²) in [5.41, 5.74) is 6.30. The third-order valence-corrected chi connectivity index (χ3v) is 14.1. The van der Waals surface area contributed by atoms with Crippen LogP contribution in [0.3, 0.4) is 0 Å². The molecule has 8 aromatic rings. The molecule has 0 N–H and O–H groups in total. The topological polar surface area (TPSA) is 147 Å². The summed E-state index contributed by atoms with van der Waals surface area (Å²) in [5, 5.41) is 10.2. The zero-order valence-corrected chi connectivity index (χ0v) is 46.9. The minimum Gasteiger partial charge on any atom is -0.461 e. The first-order valence-corrected chi connectivity index (χ1v) is 27.4. The molecule has 0 aliphatic carbocycles. The van der Waals surface area contributed by atoms with Crippen LogP contribution < -0.4 is 0 Å². The summed E-state index contributed by atoms with van der Waals surface area (Å²) in [6, 6.07) is 60.9. The Morgan fingerprint density at radius 3 is 1.14 bits per heavy atom. The summed E-state index contributed by atoms with van der Waals surface area (Å²) in [7, 11) is 0. The molecule has 0 atom stereocenters. The van der Waals surface area contributed by atoms with E-state index in [-0.39, 0.29) is 32.0 Å². The molecule has 4 heterocycles. The zero-order valence-electron chi connectivity index (χ0n) is 46.9. The predicted octanol–water partition coefficient (Wildman–Crippen LogP) is 12.4. The van der Waals surface area contributed by atoms with E-state index in [0.717, 1.165) is 44.8 Å². The molecular weight excluding hydrogens is 1000 g/mol. The molecule has 6 aromatic carbocycles. The van der Waals surface area contributed by atoms with Crippen LogP contribution in [0.25, 0.3) is 0 Å². The maximum absolute atomic E-state index is 13.8. The number of carbonyl (C=O) groups is 4. The van der Waals surface area contributed by atoms with Crippen LogP contribution in [0.1, 0.15) is 132 Å². The molecule has 2 aromatic heterocycles. The van der Waals surface area contributed by atoms with E-state index in [2.05, 4.69) is 72.8 Å². The Balaban J connectivity index is 0.000000194. The lowest BCUT2D eigenvalue weighted by atomic mass is 9.76. The fraction of sp³-hybridized carbons (Fsp3) is 0.303. The van der Waals surface area contributed by atoms with Crippen LogP contribution in [0.5, 0.6) is 0 Å². The van der Waals surface area contributed by atoms with Crippen molar-refractivity contribution in [1.29, 1.82) is 0 Å². The second kappa shape index (κ2) is 23.7. The zero-order chi connectivity index (χ0) is 56.7. The Labute approximate surface area is 468 Å². The lowest BCUT2D eigenvalue weighted by Crippen LogP contribution is -2.43. The Bertz CT molecular complexity index is 3180. The number of hydrogen-bond acceptors (Lipinski definition) is 10. The second-order valence-corrected chi connectivity index (χ2v) is 21.7. The van der Waals surface area contributed by atoms with Crippen molar-refractivity contribution in [3.8, 4) is 0 Å². The SMILES string of the molecule is CCOC(=O)c1c2c(nn1C(c1ccccc1)(c1ccccc1)c1ccccc1)CCN(C(=O)OC(C)(C)C)C2.CCOC(=O)c1nn(C(c2ccccc2)(c2ccccc2)c2ccccc2)c2c1CN(C(=O)OC(C)(C)C)CC2. The van der Waals surface area contributed by atoms with Crippen LogP contribution in [0.15, 0.2) is 182 Å². The molecule has 2 amide bonds. The van der Waals surface area contributed by atoms with E-state index in [1.165, 1.54) is 0 Å². The number of benzene rings is 6. The van der Waals surface area contributed by atoms with Crippen LogP contribution in [0.2, 0.25) is 0 Å². The van der Waals surface area contributed by atoms with Crippen molar-refractivity contribution >= 4 is 24.1 Å². The van der Waals surface area contributed by atoms with Crippen molar-refractivity contribution in [3.63, 3.8) is 0 Å². The average Bonchev–Trinajstić information content (AvgIpc) is 4.09. The molecule has 0 radical (unpaired) electrons. The van der Waals surface area contributed by atoms with E-state index in [9.17, 15) is 19.2 Å². The number of aromatic nitrogens is 4. The van der Waals surface area contributed by atoms with Crippen LogP contribution in [0.4, 0.5) is 9.59 Å². The van der Waals surface area contributed by atoms with Gasteiger partial charge in [0.05, 0.1) is 32.0 Å². The molecule has 14 heteroatoms. The summed E-state index contributed by atoms with van der Waals surface area (Å²) in [6.45, 7) is 16.3. The van der Waals surface area contributed by atoms with Gasteiger partial charge in [-0.2, -0.15) is 10.2 Å². The average molecular weight is 1080 g/mol. The standard InChI is InChI=1S/2C33H35N3O4/c1-5-39-30(37)29-27-23-35(31(38)40-32(2,3)4)22-21-28(27)36(34-29)33(24-15-9-6-10-16-24,25-17-11-7-12-18-25)26-19-13-8-14-20-26;1-5-39-30(37)29-27-23-35(31(38)40-32(2,3)4)22-21-28(27)34-36(29)33(24-15-9-6-10-16-24,25-17-11-7-12-18-25)26-19-13-8-14-20-26/h2*6-20H,5,21-23H2,1-4H3. The van der Waals surface area contributed by atoms with Crippen molar-refractivity contribution in [1.82, 2.24) is 29.4 Å². The van der Waals surface area contributed by atoms with Crippen molar-refractivity contribution in [2.24, 2.45) is 0 Å². The maximum atomic E-state index is 13.8. The summed E-state index contributed by atoms with van der Waals surface area (Å²) in [5.74, 6) is -0.985. The predicted molar refractivity (Wildman–Crippen MR) is 306 cm³/mol. The van der Waals surface area contributed by atoms with Gasteiger partial charge in [0.15, 0.2) is 11.4 Å². The highest BCUT2D eigenvalue weighted by Crippen LogP contribution is 2.45. The first-order chi connectivity index (χ1) is 38.5. The summed E-state index contributed by atoms with van der Waals surface area (Å²) in [6.07, 6.45) is 0.153. The van der Waals surface area contributed by atoms with E-state index in [4.69, 9.17) is 29.1 Å². The third-order valence-electron chi connectivity index (χ3n) is 14.1. The molecule has 0 saturated heterocycles. The normalized spacial score (nSPS) is 13.4. The van der Waals surface area contributed by atoms with E-state index >= 15 is 0 Å². The molecule has 80 heavy (non-hydrogen) atoms. The van der Waals surface area contributed by atoms with Crippen molar-refractivity contribution in [3.05, 3.63) is 249 Å². The smallest absolute Gasteiger partial charge is 0.410 e. The number of rotatable bonds is 12. The molecule has 0 unspecified atom stereocenters. The first kappa shape index (κ1) is 56.0. The minimum atomic E-state index is -0.986. The van der Waals surface area contributed by atoms with Gasteiger partial charge in [-0.1, -0.05) is 182 Å². The highest BCUT2D eigenvalue weighted by atomic mass is 16.6. The second-order valence-electron chi connectivity index (χ2n) is 21.7. The lowest BCUT2D eigenvalue weighted by Gasteiger charge is -2.39. The van der Waals surface area contributed by atoms with Gasteiger partial charge in [-0.25, -0.2) is 28.5 Å². The molecule has 0 fully saturated rings. The van der Waals surface area contributed by atoms with Gasteiger partial charge in [0.2, 0.25) is 0 Å². The van der Waals surface area contributed by atoms with Crippen LogP contribution in [-0.2, 0) is 56.0 Å². The van der Waals surface area contributed by atoms with Crippen molar-refractivity contribution < 1.29 is 38.1 Å². The molecule has 412 valence electrons. The Hall–Kier alpha value is -8.78. The third kappa shape index (κ3) is 11.2. The largest absolute Gasteiger partial charge is 0.461 e. The number of hydrogen-bond donors (Lipinski definition) is 0. The number of carbonyl (C=O) groups excluding carboxylic acids is 4. The maximum Gasteiger partial charge on any atom is 0.410 e. The van der Waals surface area contributed by atoms with E-state index < -0.39 is 46.4 Å². The van der Waals surface area contributed by atoms with Crippen LogP contribution in [-0.4, -0.2) is 91.0 Å². The van der Waals surface area contributed by atoms with E-state index in [1.54, 1.807) is 23.6 Å². The molecule has 0 saturated carbocycles. The molecule has 2 aliphatic heterocycles. The van der Waals surface area contributed by atoms with Gasteiger partial charge >= 0.3 is 24.1 Å². The molecular formula is C66H70N6O8. The molecule has 10 rings (SSSR count). The van der Waals surface area contributed by atoms with Gasteiger partial charge in [-0.05, 0) is 88.8 Å². The van der Waals surface area contributed by atoms with Crippen molar-refractivity contribution in [2.75, 3.05) is 26.3 Å². The first-order valence-electron chi connectivity index (χ1n) is 27.4. The highest BCUT2D eigenvalue weighted by molar-refractivity contribution is 5.91. The Kier molecular flexibility index (Phi) is 16.6. The van der Waals surface area contributed by atoms with Gasteiger partial charge in [-0.15, -0.1) is 0 Å². The van der Waals surface area contributed by atoms with Gasteiger partial charge in [0.1, 0.15) is 22.3 Å². The summed E-state index contributed by atoms with van der Waals surface area (Å²) in [4.78, 5) is 56.6. The van der Waals surface area contributed by atoms with Gasteiger partial charge in [-0.3, -0.25) is 0 Å². The Morgan fingerprint density at radius 2 is 0.775 bits per heavy atom. The Morgan fingerprint density at radius 1 is 0.438 bits per heavy atom. The van der Waals surface area contributed by atoms with Gasteiger partial charge in [0, 0.05) is 42.8 Å². The van der Waals surface area contributed by atoms with Crippen LogP contribution in [0, 0.1) is 0 Å². The number of esters is 2. The fourth-order valence-electron chi connectivity index (χ4n) is 10.9. The molecule has 0 bridgehead atoms. The minimum absolute atomic E-state index is 0.201. The number of amides is 2. The lowest BCUT2D eigenvalue weighted by molar-refractivity contribution is 0.0211. The molecule has 0 spiro atoms. The molecule has 2 aliphatic rings. The quantitative estimate of drug-likeness (QED) is 0.0658. The van der Waals surface area contributed by atoms with E-state index in [0.29, 0.717) is 42.8 Å². The van der Waals surface area contributed by atoms with Crippen molar-refractivity contribution in [2.45, 2.75) is 104 Å². The highest BCUT2D eigenvalue weighted by Gasteiger charge is 2.47. The summed E-state index contributed by atoms with van der Waals surface area (Å²) >= 11 is 0. The van der Waals surface area contributed by atoms with E-state index in [1.807, 2.05) is 160 Å². The number of fused-ring (bicyclic) bond motifs is 2. The van der Waals surface area contributed by atoms with Crippen LogP contribution >= 0.6 is 0 Å². The number of ether oxygens (including phenoxy) is 4. The number of nitrogens with zero attached hydrogens (tertiary/aromatic N) is 6. The molecule has 14 nitrogen and oxygen atoms in total. The van der Waals surface area contributed by atoms with Gasteiger partial charge < -0.3 is 28.7 Å². The van der Waals surface area contributed by atoms with Gasteiger partial charge in [0.25, 0.3) is 0 Å². The monoisotopic (exact) mass is 1070 g/mol. The fourth-order valence-corrected chi connectivity index (χ4v) is 10.9. The summed E-state index contributed by atoms with van der Waals surface area (Å²) < 4.78 is 26.2.